The highest BCUT2D eigenvalue weighted by molar-refractivity contribution is 8.26. The van der Waals surface area contributed by atoms with Crippen molar-refractivity contribution in [3.8, 4) is 22.7 Å². The third kappa shape index (κ3) is 5.22. The van der Waals surface area contributed by atoms with Crippen LogP contribution in [0.3, 0.4) is 0 Å². The molecule has 4 rings (SSSR count). The van der Waals surface area contributed by atoms with Crippen molar-refractivity contribution in [3.05, 3.63) is 71.0 Å². The van der Waals surface area contributed by atoms with E-state index in [9.17, 15) is 9.18 Å². The Labute approximate surface area is 207 Å². The van der Waals surface area contributed by atoms with Gasteiger partial charge in [-0.15, -0.1) is 0 Å². The predicted molar refractivity (Wildman–Crippen MR) is 136 cm³/mol. The Morgan fingerprint density at radius 1 is 1.21 bits per heavy atom. The molecule has 34 heavy (non-hydrogen) atoms. The van der Waals surface area contributed by atoms with Crippen LogP contribution < -0.4 is 4.74 Å². The average molecular weight is 498 g/mol. The zero-order chi connectivity index (χ0) is 24.1. The van der Waals surface area contributed by atoms with Crippen LogP contribution in [0.25, 0.3) is 23.0 Å². The first-order valence-corrected chi connectivity index (χ1v) is 12.1. The van der Waals surface area contributed by atoms with Gasteiger partial charge in [-0.25, -0.2) is 9.07 Å². The van der Waals surface area contributed by atoms with Crippen molar-refractivity contribution in [2.24, 2.45) is 0 Å². The van der Waals surface area contributed by atoms with Crippen LogP contribution in [0.4, 0.5) is 4.39 Å². The number of ether oxygens (including phenoxy) is 2. The molecule has 1 fully saturated rings. The van der Waals surface area contributed by atoms with Crippen LogP contribution in [-0.4, -0.2) is 51.8 Å². The Bertz CT molecular complexity index is 1230. The molecule has 0 unspecified atom stereocenters. The number of thioether (sulfide) groups is 1. The first-order chi connectivity index (χ1) is 16.5. The Hall–Kier alpha value is -3.01. The van der Waals surface area contributed by atoms with Crippen LogP contribution in [0.15, 0.2) is 59.6 Å². The molecule has 2 heterocycles. The molecule has 0 atom stereocenters. The first kappa shape index (κ1) is 24.1. The van der Waals surface area contributed by atoms with E-state index in [0.29, 0.717) is 52.2 Å². The van der Waals surface area contributed by atoms with Crippen molar-refractivity contribution in [1.29, 1.82) is 0 Å². The third-order valence-electron chi connectivity index (χ3n) is 5.16. The minimum absolute atomic E-state index is 0.151. The number of thiocarbonyl (C=S) groups is 1. The molecule has 1 aromatic heterocycles. The number of rotatable bonds is 9. The van der Waals surface area contributed by atoms with Gasteiger partial charge in [0.2, 0.25) is 0 Å². The molecule has 1 aliphatic rings. The van der Waals surface area contributed by atoms with Gasteiger partial charge in [-0.2, -0.15) is 5.10 Å². The predicted octanol–water partition coefficient (Wildman–Crippen LogP) is 5.31. The fourth-order valence-electron chi connectivity index (χ4n) is 3.55. The molecule has 6 nitrogen and oxygen atoms in total. The highest BCUT2D eigenvalue weighted by atomic mass is 32.2. The lowest BCUT2D eigenvalue weighted by Gasteiger charge is -2.13. The van der Waals surface area contributed by atoms with Crippen LogP contribution in [0.2, 0.25) is 0 Å². The average Bonchev–Trinajstić information content (AvgIpc) is 3.37. The third-order valence-corrected chi connectivity index (χ3v) is 6.54. The van der Waals surface area contributed by atoms with E-state index in [-0.39, 0.29) is 11.7 Å². The summed E-state index contributed by atoms with van der Waals surface area (Å²) in [5.74, 6) is -0.432. The Balaban J connectivity index is 1.73. The summed E-state index contributed by atoms with van der Waals surface area (Å²) >= 11 is 6.68. The number of aromatic nitrogens is 2. The van der Waals surface area contributed by atoms with Gasteiger partial charge in [0.05, 0.1) is 17.2 Å². The number of hydrogen-bond acceptors (Lipinski definition) is 6. The first-order valence-electron chi connectivity index (χ1n) is 10.8. The van der Waals surface area contributed by atoms with E-state index in [1.807, 2.05) is 36.5 Å². The standard InChI is InChI=1S/C25H24FN3O3S2/c1-3-32-21-11-10-17(14-20(21)26)23-18(16-29(27-23)19-8-5-4-6-9-19)15-22-24(30)28(25(33)34-22)12-7-13-31-2/h4-6,8-11,14-16H,3,7,12-13H2,1-2H3. The molecule has 1 saturated heterocycles. The zero-order valence-electron chi connectivity index (χ0n) is 18.9. The van der Waals surface area contributed by atoms with Gasteiger partial charge < -0.3 is 9.47 Å². The van der Waals surface area contributed by atoms with Gasteiger partial charge in [-0.05, 0) is 49.8 Å². The lowest BCUT2D eigenvalue weighted by Crippen LogP contribution is -2.29. The smallest absolute Gasteiger partial charge is 0.266 e. The lowest BCUT2D eigenvalue weighted by atomic mass is 10.1. The number of halogens is 1. The Morgan fingerprint density at radius 2 is 2.00 bits per heavy atom. The number of amides is 1. The molecule has 3 aromatic rings. The van der Waals surface area contributed by atoms with Crippen molar-refractivity contribution < 1.29 is 18.7 Å². The minimum Gasteiger partial charge on any atom is -0.491 e. The Morgan fingerprint density at radius 3 is 2.71 bits per heavy atom. The van der Waals surface area contributed by atoms with Crippen LogP contribution in [-0.2, 0) is 9.53 Å². The second kappa shape index (κ2) is 10.9. The van der Waals surface area contributed by atoms with E-state index in [2.05, 4.69) is 0 Å². The van der Waals surface area contributed by atoms with E-state index in [1.165, 1.54) is 17.8 Å². The minimum atomic E-state index is -0.468. The van der Waals surface area contributed by atoms with Crippen LogP contribution >= 0.6 is 24.0 Å². The second-order valence-electron chi connectivity index (χ2n) is 7.47. The van der Waals surface area contributed by atoms with E-state index in [1.54, 1.807) is 41.8 Å². The van der Waals surface area contributed by atoms with Crippen LogP contribution in [0.1, 0.15) is 18.9 Å². The number of carbonyl (C=O) groups excluding carboxylic acids is 1. The summed E-state index contributed by atoms with van der Waals surface area (Å²) < 4.78 is 27.3. The molecule has 176 valence electrons. The summed E-state index contributed by atoms with van der Waals surface area (Å²) in [6.07, 6.45) is 4.29. The molecule has 0 spiro atoms. The van der Waals surface area contributed by atoms with Gasteiger partial charge >= 0.3 is 0 Å². The number of benzene rings is 2. The van der Waals surface area contributed by atoms with Gasteiger partial charge in [0.15, 0.2) is 11.6 Å². The molecular formula is C25H24FN3O3S2. The molecule has 1 amide bonds. The lowest BCUT2D eigenvalue weighted by molar-refractivity contribution is -0.122. The fourth-order valence-corrected chi connectivity index (χ4v) is 4.85. The highest BCUT2D eigenvalue weighted by Gasteiger charge is 2.32. The molecule has 0 aliphatic carbocycles. The number of para-hydroxylation sites is 1. The fraction of sp³-hybridized carbons (Fsp3) is 0.240. The molecule has 0 saturated carbocycles. The molecular weight excluding hydrogens is 473 g/mol. The molecule has 2 aromatic carbocycles. The SMILES string of the molecule is CCOc1ccc(-c2nn(-c3ccccc3)cc2C=C2SC(=S)N(CCCOC)C2=O)cc1F. The van der Waals surface area contributed by atoms with Gasteiger partial charge in [0, 0.05) is 37.6 Å². The maximum absolute atomic E-state index is 14.6. The quantitative estimate of drug-likeness (QED) is 0.227. The van der Waals surface area contributed by atoms with Crippen molar-refractivity contribution in [2.45, 2.75) is 13.3 Å². The highest BCUT2D eigenvalue weighted by Crippen LogP contribution is 2.35. The zero-order valence-corrected chi connectivity index (χ0v) is 20.5. The van der Waals surface area contributed by atoms with Gasteiger partial charge in [-0.1, -0.05) is 42.2 Å². The number of methoxy groups -OCH3 is 1. The maximum Gasteiger partial charge on any atom is 0.266 e. The van der Waals surface area contributed by atoms with E-state index < -0.39 is 5.82 Å². The molecule has 0 radical (unpaired) electrons. The second-order valence-corrected chi connectivity index (χ2v) is 9.15. The maximum atomic E-state index is 14.6. The Kier molecular flexibility index (Phi) is 7.77. The molecule has 0 N–H and O–H groups in total. The summed E-state index contributed by atoms with van der Waals surface area (Å²) in [7, 11) is 1.62. The largest absolute Gasteiger partial charge is 0.491 e. The van der Waals surface area contributed by atoms with Gasteiger partial charge in [-0.3, -0.25) is 9.69 Å². The van der Waals surface area contributed by atoms with Gasteiger partial charge in [0.1, 0.15) is 10.0 Å². The van der Waals surface area contributed by atoms with E-state index >= 15 is 0 Å². The summed E-state index contributed by atoms with van der Waals surface area (Å²) in [6, 6.07) is 14.4. The van der Waals surface area contributed by atoms with E-state index in [4.69, 9.17) is 26.8 Å². The normalized spacial score (nSPS) is 14.9. The number of carbonyl (C=O) groups is 1. The molecule has 1 aliphatic heterocycles. The van der Waals surface area contributed by atoms with Crippen LogP contribution in [0.5, 0.6) is 5.75 Å². The van der Waals surface area contributed by atoms with Crippen LogP contribution in [0, 0.1) is 5.82 Å². The summed E-state index contributed by atoms with van der Waals surface area (Å²) in [5.41, 5.74) is 2.67. The van der Waals surface area contributed by atoms with Gasteiger partial charge in [0.25, 0.3) is 5.91 Å². The monoisotopic (exact) mass is 497 g/mol. The molecule has 9 heteroatoms. The number of nitrogens with zero attached hydrogens (tertiary/aromatic N) is 3. The number of hydrogen-bond donors (Lipinski definition) is 0. The van der Waals surface area contributed by atoms with Crippen molar-refractivity contribution >= 4 is 40.3 Å². The topological polar surface area (TPSA) is 56.6 Å². The van der Waals surface area contributed by atoms with Crippen molar-refractivity contribution in [2.75, 3.05) is 26.9 Å². The summed E-state index contributed by atoms with van der Waals surface area (Å²) in [5, 5.41) is 4.71. The summed E-state index contributed by atoms with van der Waals surface area (Å²) in [6.45, 7) is 3.22. The van der Waals surface area contributed by atoms with Crippen molar-refractivity contribution in [3.63, 3.8) is 0 Å². The summed E-state index contributed by atoms with van der Waals surface area (Å²) in [4.78, 5) is 15.1. The van der Waals surface area contributed by atoms with Crippen molar-refractivity contribution in [1.82, 2.24) is 14.7 Å². The molecule has 0 bridgehead atoms. The van der Waals surface area contributed by atoms with E-state index in [0.717, 1.165) is 5.69 Å².